The zero-order valence-electron chi connectivity index (χ0n) is 11.1. The Kier molecular flexibility index (Phi) is 4.52. The van der Waals surface area contributed by atoms with Gasteiger partial charge in [0, 0.05) is 19.1 Å². The first-order valence-corrected chi connectivity index (χ1v) is 6.34. The molecule has 0 spiro atoms. The number of ether oxygens (including phenoxy) is 2. The lowest BCUT2D eigenvalue weighted by atomic mass is 9.99. The Labute approximate surface area is 112 Å². The molecule has 1 saturated heterocycles. The first kappa shape index (κ1) is 14.0. The van der Waals surface area contributed by atoms with E-state index < -0.39 is 12.4 Å². The third-order valence-corrected chi connectivity index (χ3v) is 3.32. The average Bonchev–Trinajstić information content (AvgIpc) is 2.44. The van der Waals surface area contributed by atoms with Gasteiger partial charge in [0.05, 0.1) is 12.1 Å². The van der Waals surface area contributed by atoms with E-state index in [9.17, 15) is 9.90 Å². The smallest absolute Gasteiger partial charge is 0.251 e. The maximum absolute atomic E-state index is 12.1. The van der Waals surface area contributed by atoms with Gasteiger partial charge in [-0.25, -0.2) is 0 Å². The van der Waals surface area contributed by atoms with Gasteiger partial charge >= 0.3 is 0 Å². The molecule has 5 heteroatoms. The molecule has 0 bridgehead atoms. The van der Waals surface area contributed by atoms with Gasteiger partial charge in [0.25, 0.3) is 5.91 Å². The molecule has 1 amide bonds. The van der Waals surface area contributed by atoms with Crippen LogP contribution in [0.1, 0.15) is 23.7 Å². The van der Waals surface area contributed by atoms with Crippen LogP contribution in [0.4, 0.5) is 0 Å². The maximum atomic E-state index is 12.1. The first-order chi connectivity index (χ1) is 9.11. The Balaban J connectivity index is 2.02. The fourth-order valence-corrected chi connectivity index (χ4v) is 2.19. The monoisotopic (exact) mass is 265 g/mol. The van der Waals surface area contributed by atoms with Crippen molar-refractivity contribution in [1.82, 2.24) is 5.32 Å². The molecule has 1 fully saturated rings. The number of aliphatic hydroxyl groups is 1. The molecule has 19 heavy (non-hydrogen) atoms. The minimum absolute atomic E-state index is 0.200. The van der Waals surface area contributed by atoms with Crippen LogP contribution in [0.15, 0.2) is 30.3 Å². The number of benzene rings is 1. The SMILES string of the molecule is CO[C@H]1C[C@@H](NC(=O)c2ccccc2)[C@@H](O)[C@H](C)O1. The third kappa shape index (κ3) is 3.32. The molecule has 0 saturated carbocycles. The maximum Gasteiger partial charge on any atom is 0.251 e. The van der Waals surface area contributed by atoms with Crippen LogP contribution >= 0.6 is 0 Å². The van der Waals surface area contributed by atoms with Gasteiger partial charge in [-0.3, -0.25) is 4.79 Å². The molecule has 0 aliphatic carbocycles. The van der Waals surface area contributed by atoms with E-state index in [1.165, 1.54) is 0 Å². The van der Waals surface area contributed by atoms with Gasteiger partial charge in [0.1, 0.15) is 6.10 Å². The minimum Gasteiger partial charge on any atom is -0.388 e. The van der Waals surface area contributed by atoms with Crippen molar-refractivity contribution in [2.45, 2.75) is 37.9 Å². The summed E-state index contributed by atoms with van der Waals surface area (Å²) < 4.78 is 10.6. The van der Waals surface area contributed by atoms with Gasteiger partial charge in [0.15, 0.2) is 6.29 Å². The summed E-state index contributed by atoms with van der Waals surface area (Å²) in [5.74, 6) is -0.200. The molecule has 2 rings (SSSR count). The second-order valence-corrected chi connectivity index (χ2v) is 4.68. The fourth-order valence-electron chi connectivity index (χ4n) is 2.19. The molecule has 2 N–H and O–H groups in total. The van der Waals surface area contributed by atoms with Crippen LogP contribution < -0.4 is 5.32 Å². The highest BCUT2D eigenvalue weighted by atomic mass is 16.7. The van der Waals surface area contributed by atoms with Crippen LogP contribution in [0.3, 0.4) is 0 Å². The largest absolute Gasteiger partial charge is 0.388 e. The number of methoxy groups -OCH3 is 1. The number of rotatable bonds is 3. The standard InChI is InChI=1S/C14H19NO4/c1-9-13(16)11(8-12(18-2)19-9)15-14(17)10-6-4-3-5-7-10/h3-7,9,11-13,16H,8H2,1-2H3,(H,15,17)/t9-,11+,12+,13-/m0/s1. The molecule has 0 unspecified atom stereocenters. The van der Waals surface area contributed by atoms with E-state index in [-0.39, 0.29) is 18.1 Å². The number of hydrogen-bond donors (Lipinski definition) is 2. The Morgan fingerprint density at radius 2 is 2.11 bits per heavy atom. The molecule has 104 valence electrons. The van der Waals surface area contributed by atoms with Gasteiger partial charge in [-0.2, -0.15) is 0 Å². The van der Waals surface area contributed by atoms with Gasteiger partial charge in [-0.1, -0.05) is 18.2 Å². The van der Waals surface area contributed by atoms with Gasteiger partial charge in [-0.05, 0) is 19.1 Å². The van der Waals surface area contributed by atoms with E-state index in [2.05, 4.69) is 5.32 Å². The lowest BCUT2D eigenvalue weighted by Gasteiger charge is -2.37. The second kappa shape index (κ2) is 6.14. The molecular formula is C14H19NO4. The molecule has 1 heterocycles. The van der Waals surface area contributed by atoms with Crippen molar-refractivity contribution < 1.29 is 19.4 Å². The lowest BCUT2D eigenvalue weighted by Crippen LogP contribution is -2.55. The summed E-state index contributed by atoms with van der Waals surface area (Å²) in [6.45, 7) is 1.76. The van der Waals surface area contributed by atoms with Gasteiger partial charge in [-0.15, -0.1) is 0 Å². The number of carbonyl (C=O) groups is 1. The zero-order chi connectivity index (χ0) is 13.8. The summed E-state index contributed by atoms with van der Waals surface area (Å²) in [5.41, 5.74) is 0.572. The summed E-state index contributed by atoms with van der Waals surface area (Å²) in [4.78, 5) is 12.1. The molecule has 0 aromatic heterocycles. The lowest BCUT2D eigenvalue weighted by molar-refractivity contribution is -0.213. The zero-order valence-corrected chi connectivity index (χ0v) is 11.1. The van der Waals surface area contributed by atoms with Crippen molar-refractivity contribution in [2.24, 2.45) is 0 Å². The Hall–Kier alpha value is -1.43. The highest BCUT2D eigenvalue weighted by Crippen LogP contribution is 2.21. The van der Waals surface area contributed by atoms with E-state index in [4.69, 9.17) is 9.47 Å². The van der Waals surface area contributed by atoms with E-state index in [1.54, 1.807) is 38.3 Å². The molecule has 5 nitrogen and oxygen atoms in total. The minimum atomic E-state index is -0.737. The fraction of sp³-hybridized carbons (Fsp3) is 0.500. The van der Waals surface area contributed by atoms with Crippen molar-refractivity contribution in [3.8, 4) is 0 Å². The Morgan fingerprint density at radius 3 is 2.74 bits per heavy atom. The van der Waals surface area contributed by atoms with Crippen LogP contribution in [0.2, 0.25) is 0 Å². The first-order valence-electron chi connectivity index (χ1n) is 6.34. The Morgan fingerprint density at radius 1 is 1.42 bits per heavy atom. The molecule has 4 atom stereocenters. The summed E-state index contributed by atoms with van der Waals surface area (Å²) in [6, 6.07) is 8.55. The predicted molar refractivity (Wildman–Crippen MR) is 69.7 cm³/mol. The van der Waals surface area contributed by atoms with Crippen molar-refractivity contribution >= 4 is 5.91 Å². The molecule has 0 radical (unpaired) electrons. The number of amides is 1. The average molecular weight is 265 g/mol. The van der Waals surface area contributed by atoms with E-state index in [0.29, 0.717) is 12.0 Å². The van der Waals surface area contributed by atoms with E-state index in [0.717, 1.165) is 0 Å². The van der Waals surface area contributed by atoms with Gasteiger partial charge < -0.3 is 19.9 Å². The highest BCUT2D eigenvalue weighted by molar-refractivity contribution is 5.94. The molecule has 1 aliphatic heterocycles. The highest BCUT2D eigenvalue weighted by Gasteiger charge is 2.36. The summed E-state index contributed by atoms with van der Waals surface area (Å²) in [7, 11) is 1.55. The van der Waals surface area contributed by atoms with Crippen LogP contribution in [0.25, 0.3) is 0 Å². The van der Waals surface area contributed by atoms with Crippen molar-refractivity contribution in [2.75, 3.05) is 7.11 Å². The molecule has 1 aliphatic rings. The predicted octanol–water partition coefficient (Wildman–Crippen LogP) is 0.927. The summed E-state index contributed by atoms with van der Waals surface area (Å²) in [5, 5.41) is 12.9. The number of aliphatic hydroxyl groups excluding tert-OH is 1. The van der Waals surface area contributed by atoms with E-state index in [1.807, 2.05) is 6.07 Å². The second-order valence-electron chi connectivity index (χ2n) is 4.68. The summed E-state index contributed by atoms with van der Waals surface area (Å²) >= 11 is 0. The van der Waals surface area contributed by atoms with Crippen LogP contribution in [-0.4, -0.2) is 42.7 Å². The molecule has 1 aromatic rings. The Bertz CT molecular complexity index is 423. The molecular weight excluding hydrogens is 246 g/mol. The van der Waals surface area contributed by atoms with Crippen molar-refractivity contribution in [3.05, 3.63) is 35.9 Å². The van der Waals surface area contributed by atoms with Crippen LogP contribution in [0, 0.1) is 0 Å². The van der Waals surface area contributed by atoms with Gasteiger partial charge in [0.2, 0.25) is 0 Å². The number of nitrogens with one attached hydrogen (secondary N) is 1. The van der Waals surface area contributed by atoms with Crippen LogP contribution in [-0.2, 0) is 9.47 Å². The van der Waals surface area contributed by atoms with Crippen molar-refractivity contribution in [3.63, 3.8) is 0 Å². The number of carbonyl (C=O) groups excluding carboxylic acids is 1. The topological polar surface area (TPSA) is 67.8 Å². The summed E-state index contributed by atoms with van der Waals surface area (Å²) in [6.07, 6.45) is -1.08. The number of hydrogen-bond acceptors (Lipinski definition) is 4. The molecule has 1 aromatic carbocycles. The normalized spacial score (nSPS) is 30.9. The van der Waals surface area contributed by atoms with Crippen molar-refractivity contribution in [1.29, 1.82) is 0 Å². The quantitative estimate of drug-likeness (QED) is 0.853. The van der Waals surface area contributed by atoms with Crippen LogP contribution in [0.5, 0.6) is 0 Å². The van der Waals surface area contributed by atoms with E-state index >= 15 is 0 Å². The third-order valence-electron chi connectivity index (χ3n) is 3.32.